The molecule has 11 heteroatoms. The van der Waals surface area contributed by atoms with E-state index in [4.69, 9.17) is 10.5 Å². The number of carbonyl (C=O) groups excluding carboxylic acids is 3. The first-order valence-electron chi connectivity index (χ1n) is 12.2. The SMILES string of the molecule is Cc1cc2c(cc1C(=O)N(C(C)C)C1CCCN(C(=O)OC(C)(C)C)C1)N(CCN)C(=O)C(F)(F)O2. The summed E-state index contributed by atoms with van der Waals surface area (Å²) >= 11 is 0. The highest BCUT2D eigenvalue weighted by molar-refractivity contribution is 6.04. The number of likely N-dealkylation sites (tertiary alicyclic amines) is 1. The van der Waals surface area contributed by atoms with Gasteiger partial charge in [-0.15, -0.1) is 0 Å². The van der Waals surface area contributed by atoms with Crippen molar-refractivity contribution in [1.29, 1.82) is 0 Å². The minimum Gasteiger partial charge on any atom is -0.444 e. The Balaban J connectivity index is 1.93. The average Bonchev–Trinajstić information content (AvgIpc) is 2.75. The van der Waals surface area contributed by atoms with Crippen LogP contribution in [0.5, 0.6) is 5.75 Å². The van der Waals surface area contributed by atoms with Crippen LogP contribution in [0.25, 0.3) is 0 Å². The summed E-state index contributed by atoms with van der Waals surface area (Å²) in [5, 5.41) is 0. The molecule has 1 aromatic rings. The van der Waals surface area contributed by atoms with Gasteiger partial charge in [-0.05, 0) is 72.1 Å². The number of amides is 3. The van der Waals surface area contributed by atoms with Crippen molar-refractivity contribution in [1.82, 2.24) is 9.80 Å². The maximum absolute atomic E-state index is 14.2. The Kier molecular flexibility index (Phi) is 7.83. The molecule has 2 N–H and O–H groups in total. The molecule has 0 saturated carbocycles. The molecule has 0 radical (unpaired) electrons. The number of benzene rings is 1. The number of piperidine rings is 1. The number of anilines is 1. The molecule has 1 atom stereocenters. The molecule has 0 aromatic heterocycles. The van der Waals surface area contributed by atoms with Crippen molar-refractivity contribution in [2.75, 3.05) is 31.1 Å². The molecule has 2 heterocycles. The highest BCUT2D eigenvalue weighted by atomic mass is 19.3. The number of fused-ring (bicyclic) bond motifs is 1. The van der Waals surface area contributed by atoms with E-state index in [0.29, 0.717) is 31.5 Å². The van der Waals surface area contributed by atoms with Crippen LogP contribution in [0.3, 0.4) is 0 Å². The second-order valence-electron chi connectivity index (χ2n) is 10.5. The fourth-order valence-corrected chi connectivity index (χ4v) is 4.63. The molecule has 1 aromatic carbocycles. The Morgan fingerprint density at radius 3 is 2.56 bits per heavy atom. The number of halogens is 2. The normalized spacial score (nSPS) is 19.6. The summed E-state index contributed by atoms with van der Waals surface area (Å²) in [4.78, 5) is 43.0. The molecule has 1 saturated heterocycles. The topological polar surface area (TPSA) is 105 Å². The number of aryl methyl sites for hydroxylation is 1. The van der Waals surface area contributed by atoms with Gasteiger partial charge in [-0.25, -0.2) is 4.79 Å². The summed E-state index contributed by atoms with van der Waals surface area (Å²) in [6.45, 7) is 11.4. The van der Waals surface area contributed by atoms with Crippen molar-refractivity contribution in [2.24, 2.45) is 5.73 Å². The Labute approximate surface area is 210 Å². The average molecular weight is 511 g/mol. The number of hydrogen-bond acceptors (Lipinski definition) is 6. The highest BCUT2D eigenvalue weighted by Crippen LogP contribution is 2.41. The fraction of sp³-hybridized carbons (Fsp3) is 0.640. The first kappa shape index (κ1) is 27.6. The van der Waals surface area contributed by atoms with Crippen LogP contribution in [-0.2, 0) is 9.53 Å². The van der Waals surface area contributed by atoms with Crippen LogP contribution in [0, 0.1) is 6.92 Å². The fourth-order valence-electron chi connectivity index (χ4n) is 4.63. The standard InChI is InChI=1S/C25H36F2N4O5/c1-15(2)31(17-8-7-10-29(14-17)23(34)36-24(4,5)6)21(32)18-13-19-20(12-16(18)3)35-25(26,27)22(33)30(19)11-9-28/h12-13,15,17H,7-11,14,28H2,1-6H3. The molecule has 1 unspecified atom stereocenters. The van der Waals surface area contributed by atoms with E-state index in [1.165, 1.54) is 12.1 Å². The Hall–Kier alpha value is -2.95. The molecule has 2 aliphatic heterocycles. The molecule has 3 rings (SSSR count). The summed E-state index contributed by atoms with van der Waals surface area (Å²) < 4.78 is 38.5. The Bertz CT molecular complexity index is 1020. The molecule has 36 heavy (non-hydrogen) atoms. The maximum Gasteiger partial charge on any atom is 0.482 e. The highest BCUT2D eigenvalue weighted by Gasteiger charge is 2.50. The van der Waals surface area contributed by atoms with Gasteiger partial charge in [-0.3, -0.25) is 14.5 Å². The molecule has 3 amide bonds. The number of nitrogens with two attached hydrogens (primary N) is 1. The van der Waals surface area contributed by atoms with Gasteiger partial charge in [0, 0.05) is 37.8 Å². The molecule has 0 aliphatic carbocycles. The second kappa shape index (κ2) is 10.2. The van der Waals surface area contributed by atoms with E-state index in [9.17, 15) is 23.2 Å². The van der Waals surface area contributed by atoms with Gasteiger partial charge in [0.05, 0.1) is 11.7 Å². The zero-order chi connectivity index (χ0) is 27.0. The number of carbonyl (C=O) groups is 3. The number of alkyl halides is 2. The first-order chi connectivity index (χ1) is 16.7. The summed E-state index contributed by atoms with van der Waals surface area (Å²) in [5.74, 6) is -2.03. The number of nitrogens with zero attached hydrogens (tertiary/aromatic N) is 3. The lowest BCUT2D eigenvalue weighted by molar-refractivity contribution is -0.192. The quantitative estimate of drug-likeness (QED) is 0.650. The van der Waals surface area contributed by atoms with E-state index in [1.807, 2.05) is 13.8 Å². The van der Waals surface area contributed by atoms with Crippen molar-refractivity contribution in [3.8, 4) is 5.75 Å². The van der Waals surface area contributed by atoms with Crippen LogP contribution in [0.2, 0.25) is 0 Å². The summed E-state index contributed by atoms with van der Waals surface area (Å²) in [7, 11) is 0. The molecule has 0 spiro atoms. The third-order valence-electron chi connectivity index (χ3n) is 6.14. The predicted molar refractivity (Wildman–Crippen MR) is 130 cm³/mol. The lowest BCUT2D eigenvalue weighted by atomic mass is 9.98. The maximum atomic E-state index is 14.2. The molecular weight excluding hydrogens is 474 g/mol. The third kappa shape index (κ3) is 5.71. The van der Waals surface area contributed by atoms with Crippen LogP contribution < -0.4 is 15.4 Å². The molecule has 2 aliphatic rings. The minimum absolute atomic E-state index is 0.0426. The van der Waals surface area contributed by atoms with Gasteiger partial charge in [0.15, 0.2) is 5.75 Å². The summed E-state index contributed by atoms with van der Waals surface area (Å²) in [6.07, 6.45) is -3.05. The van der Waals surface area contributed by atoms with E-state index in [0.717, 1.165) is 4.90 Å². The van der Waals surface area contributed by atoms with Crippen molar-refractivity contribution in [3.63, 3.8) is 0 Å². The predicted octanol–water partition coefficient (Wildman–Crippen LogP) is 3.52. The van der Waals surface area contributed by atoms with Gasteiger partial charge in [-0.2, -0.15) is 8.78 Å². The lowest BCUT2D eigenvalue weighted by Gasteiger charge is -2.42. The molecule has 0 bridgehead atoms. The smallest absolute Gasteiger partial charge is 0.444 e. The van der Waals surface area contributed by atoms with Gasteiger partial charge in [0.2, 0.25) is 0 Å². The first-order valence-corrected chi connectivity index (χ1v) is 12.2. The zero-order valence-corrected chi connectivity index (χ0v) is 21.8. The van der Waals surface area contributed by atoms with Gasteiger partial charge < -0.3 is 25.0 Å². The number of hydrogen-bond donors (Lipinski definition) is 1. The van der Waals surface area contributed by atoms with Crippen molar-refractivity contribution in [3.05, 3.63) is 23.3 Å². The molecule has 1 fully saturated rings. The van der Waals surface area contributed by atoms with Crippen molar-refractivity contribution < 1.29 is 32.6 Å². The van der Waals surface area contributed by atoms with E-state index in [-0.39, 0.29) is 48.1 Å². The lowest BCUT2D eigenvalue weighted by Crippen LogP contribution is -2.54. The largest absolute Gasteiger partial charge is 0.482 e. The van der Waals surface area contributed by atoms with Crippen molar-refractivity contribution in [2.45, 2.75) is 78.2 Å². The van der Waals surface area contributed by atoms with E-state index in [2.05, 4.69) is 4.74 Å². The van der Waals surface area contributed by atoms with E-state index < -0.39 is 23.7 Å². The number of ether oxygens (including phenoxy) is 2. The van der Waals surface area contributed by atoms with Gasteiger partial charge in [0.25, 0.3) is 5.91 Å². The molecule has 9 nitrogen and oxygen atoms in total. The van der Waals surface area contributed by atoms with Crippen LogP contribution in [-0.4, -0.2) is 77.7 Å². The van der Waals surface area contributed by atoms with Crippen molar-refractivity contribution >= 4 is 23.6 Å². The van der Waals surface area contributed by atoms with E-state index >= 15 is 0 Å². The third-order valence-corrected chi connectivity index (χ3v) is 6.14. The summed E-state index contributed by atoms with van der Waals surface area (Å²) in [6, 6.07) is 2.29. The second-order valence-corrected chi connectivity index (χ2v) is 10.5. The van der Waals surface area contributed by atoms with Gasteiger partial charge in [0.1, 0.15) is 5.60 Å². The van der Waals surface area contributed by atoms with Crippen LogP contribution in [0.1, 0.15) is 63.4 Å². The minimum atomic E-state index is -4.02. The van der Waals surface area contributed by atoms with Crippen LogP contribution >= 0.6 is 0 Å². The monoisotopic (exact) mass is 510 g/mol. The zero-order valence-electron chi connectivity index (χ0n) is 21.8. The molecule has 200 valence electrons. The Morgan fingerprint density at radius 1 is 1.31 bits per heavy atom. The summed E-state index contributed by atoms with van der Waals surface area (Å²) in [5.41, 5.74) is 5.70. The Morgan fingerprint density at radius 2 is 1.97 bits per heavy atom. The number of rotatable bonds is 5. The van der Waals surface area contributed by atoms with Crippen LogP contribution in [0.4, 0.5) is 19.3 Å². The molecular formula is C25H36F2N4O5. The van der Waals surface area contributed by atoms with E-state index in [1.54, 1.807) is 37.5 Å². The van der Waals surface area contributed by atoms with Gasteiger partial charge >= 0.3 is 18.1 Å². The van der Waals surface area contributed by atoms with Crippen LogP contribution in [0.15, 0.2) is 12.1 Å². The van der Waals surface area contributed by atoms with Gasteiger partial charge in [-0.1, -0.05) is 0 Å².